The van der Waals surface area contributed by atoms with Gasteiger partial charge in [-0.1, -0.05) is 48.5 Å². The smallest absolute Gasteiger partial charge is 0.161 e. The maximum Gasteiger partial charge on any atom is 0.161 e. The molecule has 1 heterocycles. The first-order valence-electron chi connectivity index (χ1n) is 17.9. The predicted molar refractivity (Wildman–Crippen MR) is 216 cm³/mol. The summed E-state index contributed by atoms with van der Waals surface area (Å²) in [5.41, 5.74) is 34.6. The lowest BCUT2D eigenvalue weighted by Crippen LogP contribution is -2.15. The molecule has 0 unspecified atom stereocenters. The molecular weight excluding hydrogens is 681 g/mol. The van der Waals surface area contributed by atoms with Crippen molar-refractivity contribution in [3.63, 3.8) is 0 Å². The van der Waals surface area contributed by atoms with Gasteiger partial charge in [0.05, 0.1) is 26.4 Å². The molecular formula is C44H44N4O6. The Hall–Kier alpha value is -6.36. The zero-order chi connectivity index (χ0) is 37.3. The summed E-state index contributed by atoms with van der Waals surface area (Å²) in [5.74, 6) is 2.36. The van der Waals surface area contributed by atoms with E-state index in [9.17, 15) is 0 Å². The molecule has 0 aliphatic carbocycles. The van der Waals surface area contributed by atoms with Crippen LogP contribution in [0.4, 0.5) is 22.7 Å². The summed E-state index contributed by atoms with van der Waals surface area (Å²) >= 11 is 0. The maximum atomic E-state index is 6.31. The second-order valence-corrected chi connectivity index (χ2v) is 12.8. The molecule has 1 aliphatic rings. The number of nitrogen functional groups attached to an aromatic ring is 4. The molecule has 54 heavy (non-hydrogen) atoms. The zero-order valence-corrected chi connectivity index (χ0v) is 30.0. The summed E-state index contributed by atoms with van der Waals surface area (Å²) in [6.45, 7) is 2.50. The van der Waals surface area contributed by atoms with Crippen molar-refractivity contribution >= 4 is 22.7 Å². The number of anilines is 4. The predicted octanol–water partition coefficient (Wildman–Crippen LogP) is 7.95. The topological polar surface area (TPSA) is 159 Å². The van der Waals surface area contributed by atoms with Crippen molar-refractivity contribution < 1.29 is 28.4 Å². The van der Waals surface area contributed by atoms with Gasteiger partial charge in [-0.05, 0) is 117 Å². The van der Waals surface area contributed by atoms with Gasteiger partial charge in [-0.15, -0.1) is 0 Å². The Morgan fingerprint density at radius 1 is 0.278 bits per heavy atom. The molecule has 0 amide bonds. The lowest BCUT2D eigenvalue weighted by atomic mass is 9.93. The minimum atomic E-state index is 0.293. The van der Waals surface area contributed by atoms with Gasteiger partial charge in [0, 0.05) is 22.7 Å². The van der Waals surface area contributed by atoms with Gasteiger partial charge in [-0.25, -0.2) is 0 Å². The quantitative estimate of drug-likeness (QED) is 0.131. The highest BCUT2D eigenvalue weighted by molar-refractivity contribution is 5.88. The molecule has 6 aromatic rings. The molecule has 0 spiro atoms. The van der Waals surface area contributed by atoms with E-state index in [4.69, 9.17) is 51.4 Å². The van der Waals surface area contributed by atoms with Crippen molar-refractivity contribution in [1.82, 2.24) is 0 Å². The third-order valence-electron chi connectivity index (χ3n) is 9.00. The second-order valence-electron chi connectivity index (χ2n) is 12.8. The van der Waals surface area contributed by atoms with Crippen molar-refractivity contribution in [3.05, 3.63) is 121 Å². The number of fused-ring (bicyclic) bond motifs is 2. The Balaban J connectivity index is 1.13. The summed E-state index contributed by atoms with van der Waals surface area (Å²) in [5, 5.41) is 0. The van der Waals surface area contributed by atoms with E-state index in [1.54, 1.807) is 0 Å². The molecule has 0 fully saturated rings. The molecule has 0 aromatic heterocycles. The van der Waals surface area contributed by atoms with Crippen LogP contribution in [-0.4, -0.2) is 52.9 Å². The average Bonchev–Trinajstić information content (AvgIpc) is 3.18. The van der Waals surface area contributed by atoms with Crippen LogP contribution in [0, 0.1) is 0 Å². The van der Waals surface area contributed by atoms with Crippen LogP contribution in [0.3, 0.4) is 0 Å². The first-order valence-corrected chi connectivity index (χ1v) is 17.9. The fraction of sp³-hybridized carbons (Fsp3) is 0.182. The standard InChI is InChI=1S/C44H44N4O6/c45-33-9-1-29(2-10-33)37-25-41-42(26-38(37)30-3-11-34(46)12-4-30)52-22-18-50-20-24-54-44-28-40(32-7-15-36(48)16-8-32)39(31-5-13-35(47)14-6-31)27-43(44)53-23-19-49-17-21-51-41/h1-16,25-28H,17-24,45-48H2. The van der Waals surface area contributed by atoms with Crippen LogP contribution in [0.2, 0.25) is 0 Å². The summed E-state index contributed by atoms with van der Waals surface area (Å²) < 4.78 is 37.2. The van der Waals surface area contributed by atoms with E-state index >= 15 is 0 Å². The lowest BCUT2D eigenvalue weighted by Gasteiger charge is -2.20. The molecule has 0 bridgehead atoms. The first-order chi connectivity index (χ1) is 26.4. The highest BCUT2D eigenvalue weighted by atomic mass is 16.6. The molecule has 8 N–H and O–H groups in total. The van der Waals surface area contributed by atoms with Gasteiger partial charge < -0.3 is 51.4 Å². The Bertz CT molecular complexity index is 1850. The van der Waals surface area contributed by atoms with Crippen LogP contribution in [-0.2, 0) is 9.47 Å². The van der Waals surface area contributed by atoms with E-state index in [2.05, 4.69) is 0 Å². The number of nitrogens with two attached hydrogens (primary N) is 4. The number of rotatable bonds is 4. The van der Waals surface area contributed by atoms with Crippen LogP contribution >= 0.6 is 0 Å². The fourth-order valence-corrected chi connectivity index (χ4v) is 6.22. The van der Waals surface area contributed by atoms with Gasteiger partial charge in [0.15, 0.2) is 23.0 Å². The Kier molecular flexibility index (Phi) is 11.3. The van der Waals surface area contributed by atoms with Crippen LogP contribution in [0.5, 0.6) is 23.0 Å². The van der Waals surface area contributed by atoms with E-state index in [0.29, 0.717) is 98.6 Å². The van der Waals surface area contributed by atoms with Gasteiger partial charge in [0.2, 0.25) is 0 Å². The molecule has 7 rings (SSSR count). The normalized spacial score (nSPS) is 14.1. The number of benzene rings is 6. The first kappa shape index (κ1) is 36.0. The van der Waals surface area contributed by atoms with E-state index < -0.39 is 0 Å². The van der Waals surface area contributed by atoms with Gasteiger partial charge in [-0.2, -0.15) is 0 Å². The van der Waals surface area contributed by atoms with E-state index in [-0.39, 0.29) is 0 Å². The van der Waals surface area contributed by atoms with Crippen molar-refractivity contribution in [2.24, 2.45) is 0 Å². The number of hydrogen-bond donors (Lipinski definition) is 4. The minimum Gasteiger partial charge on any atom is -0.487 e. The Morgan fingerprint density at radius 2 is 0.481 bits per heavy atom. The summed E-state index contributed by atoms with van der Waals surface area (Å²) in [6, 6.07) is 39.0. The van der Waals surface area contributed by atoms with Crippen LogP contribution in [0.25, 0.3) is 44.5 Å². The van der Waals surface area contributed by atoms with Gasteiger partial charge >= 0.3 is 0 Å². The zero-order valence-electron chi connectivity index (χ0n) is 30.0. The van der Waals surface area contributed by atoms with Crippen molar-refractivity contribution in [3.8, 4) is 67.5 Å². The molecule has 6 aromatic carbocycles. The van der Waals surface area contributed by atoms with Crippen molar-refractivity contribution in [2.45, 2.75) is 0 Å². The summed E-state index contributed by atoms with van der Waals surface area (Å²) in [4.78, 5) is 0. The largest absolute Gasteiger partial charge is 0.487 e. The monoisotopic (exact) mass is 724 g/mol. The molecule has 10 nitrogen and oxygen atoms in total. The SMILES string of the molecule is Nc1ccc(-c2cc3c(cc2-c2ccc(N)cc2)OCCOCCOc2cc(-c4ccc(N)cc4)c(-c4ccc(N)cc4)cc2OCCOCCO3)cc1. The number of ether oxygens (including phenoxy) is 6. The minimum absolute atomic E-state index is 0.293. The summed E-state index contributed by atoms with van der Waals surface area (Å²) in [6.07, 6.45) is 0. The highest BCUT2D eigenvalue weighted by Gasteiger charge is 2.18. The van der Waals surface area contributed by atoms with Gasteiger partial charge in [-0.3, -0.25) is 0 Å². The van der Waals surface area contributed by atoms with Crippen molar-refractivity contribution in [1.29, 1.82) is 0 Å². The number of hydrogen-bond acceptors (Lipinski definition) is 10. The van der Waals surface area contributed by atoms with Crippen LogP contribution in [0.15, 0.2) is 121 Å². The average molecular weight is 725 g/mol. The molecule has 0 saturated carbocycles. The lowest BCUT2D eigenvalue weighted by molar-refractivity contribution is 0.0641. The third kappa shape index (κ3) is 8.80. The van der Waals surface area contributed by atoms with E-state index in [0.717, 1.165) is 44.5 Å². The van der Waals surface area contributed by atoms with E-state index in [1.165, 1.54) is 0 Å². The second kappa shape index (κ2) is 17.0. The molecule has 1 aliphatic heterocycles. The van der Waals surface area contributed by atoms with Gasteiger partial charge in [0.1, 0.15) is 26.4 Å². The highest BCUT2D eigenvalue weighted by Crippen LogP contribution is 2.43. The Labute approximate surface area is 315 Å². The molecule has 10 heteroatoms. The summed E-state index contributed by atoms with van der Waals surface area (Å²) in [7, 11) is 0. The van der Waals surface area contributed by atoms with Gasteiger partial charge in [0.25, 0.3) is 0 Å². The van der Waals surface area contributed by atoms with Crippen LogP contribution in [0.1, 0.15) is 0 Å². The Morgan fingerprint density at radius 3 is 0.685 bits per heavy atom. The fourth-order valence-electron chi connectivity index (χ4n) is 6.22. The molecule has 0 radical (unpaired) electrons. The van der Waals surface area contributed by atoms with Crippen LogP contribution < -0.4 is 41.9 Å². The molecule has 0 saturated heterocycles. The van der Waals surface area contributed by atoms with Crippen molar-refractivity contribution in [2.75, 3.05) is 75.8 Å². The maximum absolute atomic E-state index is 6.31. The molecule has 0 atom stereocenters. The molecule has 276 valence electrons. The third-order valence-corrected chi connectivity index (χ3v) is 9.00. The van der Waals surface area contributed by atoms with E-state index in [1.807, 2.05) is 121 Å².